The summed E-state index contributed by atoms with van der Waals surface area (Å²) in [6.45, 7) is 1.95. The number of halogens is 2. The normalized spacial score (nSPS) is 15.9. The first kappa shape index (κ1) is 9.17. The topological polar surface area (TPSA) is 12.0 Å². The van der Waals surface area contributed by atoms with Crippen LogP contribution < -0.4 is 5.32 Å². The minimum absolute atomic E-state index is 0.608. The Morgan fingerprint density at radius 2 is 1.92 bits per heavy atom. The van der Waals surface area contributed by atoms with Crippen molar-refractivity contribution in [2.45, 2.75) is 25.8 Å². The van der Waals surface area contributed by atoms with Gasteiger partial charge in [0.25, 0.3) is 0 Å². The van der Waals surface area contributed by atoms with E-state index >= 15 is 0 Å². The van der Waals surface area contributed by atoms with Crippen molar-refractivity contribution in [2.75, 3.05) is 5.32 Å². The van der Waals surface area contributed by atoms with Crippen LogP contribution in [0.15, 0.2) is 12.1 Å². The van der Waals surface area contributed by atoms with Crippen molar-refractivity contribution in [3.05, 3.63) is 27.7 Å². The van der Waals surface area contributed by atoms with Crippen LogP contribution in [0.5, 0.6) is 0 Å². The molecule has 1 fully saturated rings. The lowest BCUT2D eigenvalue weighted by atomic mass is 10.2. The van der Waals surface area contributed by atoms with Crippen molar-refractivity contribution in [2.24, 2.45) is 0 Å². The van der Waals surface area contributed by atoms with E-state index in [4.69, 9.17) is 23.2 Å². The van der Waals surface area contributed by atoms with Gasteiger partial charge in [-0.1, -0.05) is 23.2 Å². The van der Waals surface area contributed by atoms with Gasteiger partial charge in [-0.3, -0.25) is 0 Å². The van der Waals surface area contributed by atoms with Crippen LogP contribution in [0.3, 0.4) is 0 Å². The van der Waals surface area contributed by atoms with Gasteiger partial charge in [0.2, 0.25) is 0 Å². The molecule has 1 aliphatic carbocycles. The van der Waals surface area contributed by atoms with Gasteiger partial charge in [-0.05, 0) is 37.5 Å². The van der Waals surface area contributed by atoms with E-state index in [0.29, 0.717) is 6.04 Å². The zero-order chi connectivity index (χ0) is 9.42. The van der Waals surface area contributed by atoms with Gasteiger partial charge in [0.05, 0.1) is 10.7 Å². The average molecular weight is 216 g/mol. The second-order valence-electron chi connectivity index (χ2n) is 3.50. The number of hydrogen-bond donors (Lipinski definition) is 1. The fourth-order valence-electron chi connectivity index (χ4n) is 1.20. The number of anilines is 1. The molecule has 0 heterocycles. The molecule has 3 heteroatoms. The van der Waals surface area contributed by atoms with Gasteiger partial charge in [0.1, 0.15) is 0 Å². The van der Waals surface area contributed by atoms with Crippen LogP contribution in [0.1, 0.15) is 18.4 Å². The molecule has 0 saturated heterocycles. The molecule has 1 aromatic carbocycles. The maximum atomic E-state index is 6.05. The second kappa shape index (κ2) is 3.39. The van der Waals surface area contributed by atoms with Gasteiger partial charge in [0, 0.05) is 11.1 Å². The number of hydrogen-bond acceptors (Lipinski definition) is 1. The molecule has 1 nitrogen and oxygen atoms in total. The molecule has 1 N–H and O–H groups in total. The molecule has 0 amide bonds. The van der Waals surface area contributed by atoms with Crippen molar-refractivity contribution >= 4 is 28.9 Å². The Labute approximate surface area is 88.0 Å². The van der Waals surface area contributed by atoms with Gasteiger partial charge < -0.3 is 5.32 Å². The molecule has 0 aromatic heterocycles. The van der Waals surface area contributed by atoms with Crippen molar-refractivity contribution < 1.29 is 0 Å². The molecule has 0 atom stereocenters. The summed E-state index contributed by atoms with van der Waals surface area (Å²) in [4.78, 5) is 0. The van der Waals surface area contributed by atoms with Crippen LogP contribution in [-0.4, -0.2) is 6.04 Å². The van der Waals surface area contributed by atoms with Crippen molar-refractivity contribution in [3.63, 3.8) is 0 Å². The molecule has 0 bridgehead atoms. The lowest BCUT2D eigenvalue weighted by molar-refractivity contribution is 1.15. The van der Waals surface area contributed by atoms with Crippen LogP contribution in [0.25, 0.3) is 0 Å². The minimum Gasteiger partial charge on any atom is -0.381 e. The Bertz CT molecular complexity index is 332. The number of aryl methyl sites for hydroxylation is 1. The van der Waals surface area contributed by atoms with E-state index in [2.05, 4.69) is 5.32 Å². The monoisotopic (exact) mass is 215 g/mol. The molecule has 13 heavy (non-hydrogen) atoms. The largest absolute Gasteiger partial charge is 0.381 e. The highest BCUT2D eigenvalue weighted by atomic mass is 35.5. The lowest BCUT2D eigenvalue weighted by Crippen LogP contribution is -2.01. The summed E-state index contributed by atoms with van der Waals surface area (Å²) in [5.41, 5.74) is 1.98. The number of rotatable bonds is 2. The van der Waals surface area contributed by atoms with E-state index in [-0.39, 0.29) is 0 Å². The van der Waals surface area contributed by atoms with Crippen LogP contribution in [0, 0.1) is 6.92 Å². The maximum Gasteiger partial charge on any atom is 0.0641 e. The molecule has 1 aromatic rings. The fourth-order valence-corrected chi connectivity index (χ4v) is 1.64. The molecular weight excluding hydrogens is 205 g/mol. The van der Waals surface area contributed by atoms with Gasteiger partial charge in [0.15, 0.2) is 0 Å². The summed E-state index contributed by atoms with van der Waals surface area (Å²) in [5, 5.41) is 4.86. The van der Waals surface area contributed by atoms with Crippen LogP contribution >= 0.6 is 23.2 Å². The van der Waals surface area contributed by atoms with E-state index in [1.54, 1.807) is 0 Å². The summed E-state index contributed by atoms with van der Waals surface area (Å²) < 4.78 is 0. The predicted octanol–water partition coefficient (Wildman–Crippen LogP) is 3.88. The molecular formula is C10H11Cl2N. The Morgan fingerprint density at radius 1 is 1.23 bits per heavy atom. The number of benzene rings is 1. The highest BCUT2D eigenvalue weighted by Gasteiger charge is 2.21. The van der Waals surface area contributed by atoms with Crippen molar-refractivity contribution in [1.29, 1.82) is 0 Å². The molecule has 0 aliphatic heterocycles. The molecule has 70 valence electrons. The molecule has 2 rings (SSSR count). The standard InChI is InChI=1S/C10H11Cl2N/c1-6-4-9(12)10(5-8(6)11)13-7-2-3-7/h4-5,7,13H,2-3H2,1H3. The highest BCUT2D eigenvalue weighted by molar-refractivity contribution is 6.35. The predicted molar refractivity (Wildman–Crippen MR) is 57.8 cm³/mol. The van der Waals surface area contributed by atoms with E-state index in [1.165, 1.54) is 12.8 Å². The first-order valence-corrected chi connectivity index (χ1v) is 5.14. The maximum absolute atomic E-state index is 6.05. The van der Waals surface area contributed by atoms with E-state index in [1.807, 2.05) is 19.1 Å². The Morgan fingerprint density at radius 3 is 2.54 bits per heavy atom. The third-order valence-corrected chi connectivity index (χ3v) is 2.91. The SMILES string of the molecule is Cc1cc(Cl)c(NC2CC2)cc1Cl. The summed E-state index contributed by atoms with van der Waals surface area (Å²) in [6, 6.07) is 4.41. The third-order valence-electron chi connectivity index (χ3n) is 2.19. The Kier molecular flexibility index (Phi) is 2.39. The number of nitrogens with one attached hydrogen (secondary N) is 1. The quantitative estimate of drug-likeness (QED) is 0.790. The van der Waals surface area contributed by atoms with E-state index in [9.17, 15) is 0 Å². The minimum atomic E-state index is 0.608. The Hall–Kier alpha value is -0.400. The van der Waals surface area contributed by atoms with Crippen LogP contribution in [0.4, 0.5) is 5.69 Å². The third kappa shape index (κ3) is 2.09. The van der Waals surface area contributed by atoms with E-state index in [0.717, 1.165) is 21.3 Å². The fraction of sp³-hybridized carbons (Fsp3) is 0.400. The lowest BCUT2D eigenvalue weighted by Gasteiger charge is -2.08. The first-order chi connectivity index (χ1) is 6.16. The molecule has 0 unspecified atom stereocenters. The molecule has 1 aliphatic rings. The molecule has 1 saturated carbocycles. The summed E-state index contributed by atoms with van der Waals surface area (Å²) in [7, 11) is 0. The highest BCUT2D eigenvalue weighted by Crippen LogP contribution is 2.32. The molecule has 0 radical (unpaired) electrons. The smallest absolute Gasteiger partial charge is 0.0641 e. The summed E-state index contributed by atoms with van der Waals surface area (Å²) in [5.74, 6) is 0. The average Bonchev–Trinajstić information content (AvgIpc) is 2.84. The summed E-state index contributed by atoms with van der Waals surface area (Å²) in [6.07, 6.45) is 2.48. The molecule has 0 spiro atoms. The zero-order valence-corrected chi connectivity index (χ0v) is 8.91. The summed E-state index contributed by atoms with van der Waals surface area (Å²) >= 11 is 12.0. The Balaban J connectivity index is 2.27. The van der Waals surface area contributed by atoms with Gasteiger partial charge in [-0.15, -0.1) is 0 Å². The van der Waals surface area contributed by atoms with Crippen LogP contribution in [-0.2, 0) is 0 Å². The van der Waals surface area contributed by atoms with Gasteiger partial charge in [-0.25, -0.2) is 0 Å². The van der Waals surface area contributed by atoms with Crippen LogP contribution in [0.2, 0.25) is 10.0 Å². The zero-order valence-electron chi connectivity index (χ0n) is 7.40. The van der Waals surface area contributed by atoms with Crippen molar-refractivity contribution in [3.8, 4) is 0 Å². The second-order valence-corrected chi connectivity index (χ2v) is 4.31. The van der Waals surface area contributed by atoms with E-state index < -0.39 is 0 Å². The van der Waals surface area contributed by atoms with Gasteiger partial charge in [-0.2, -0.15) is 0 Å². The first-order valence-electron chi connectivity index (χ1n) is 4.39. The van der Waals surface area contributed by atoms with Crippen molar-refractivity contribution in [1.82, 2.24) is 0 Å². The van der Waals surface area contributed by atoms with Gasteiger partial charge >= 0.3 is 0 Å².